The monoisotopic (exact) mass is 418 g/mol. The molecule has 0 unspecified atom stereocenters. The maximum absolute atomic E-state index is 12.7. The summed E-state index contributed by atoms with van der Waals surface area (Å²) in [7, 11) is 1.59. The van der Waals surface area contributed by atoms with Crippen LogP contribution >= 0.6 is 0 Å². The Bertz CT molecular complexity index is 993. The van der Waals surface area contributed by atoms with Gasteiger partial charge in [-0.2, -0.15) is 0 Å². The summed E-state index contributed by atoms with van der Waals surface area (Å²) in [4.78, 5) is 12.7. The molecule has 0 aromatic heterocycles. The maximum atomic E-state index is 12.7. The van der Waals surface area contributed by atoms with Gasteiger partial charge in [-0.1, -0.05) is 32.1 Å². The minimum absolute atomic E-state index is 0.113. The van der Waals surface area contributed by atoms with Crippen LogP contribution in [0.2, 0.25) is 0 Å². The van der Waals surface area contributed by atoms with Crippen molar-refractivity contribution in [2.75, 3.05) is 7.11 Å². The fraction of sp³-hybridized carbons (Fsp3) is 0.222. The molecule has 0 N–H and O–H groups in total. The number of allylic oxidation sites excluding steroid dienone is 4. The first-order chi connectivity index (χ1) is 14.9. The second-order valence-electron chi connectivity index (χ2n) is 7.41. The molecule has 0 amide bonds. The molecule has 0 saturated carbocycles. The van der Waals surface area contributed by atoms with E-state index in [2.05, 4.69) is 20.4 Å². The Hall–Kier alpha value is -3.53. The Morgan fingerprint density at radius 3 is 2.19 bits per heavy atom. The van der Waals surface area contributed by atoms with Crippen LogP contribution in [-0.2, 0) is 5.41 Å². The number of methoxy groups -OCH3 is 1. The van der Waals surface area contributed by atoms with Crippen LogP contribution < -0.4 is 14.2 Å². The quantitative estimate of drug-likeness (QED) is 0.183. The molecular weight excluding hydrogens is 388 g/mol. The Morgan fingerprint density at radius 2 is 1.61 bits per heavy atom. The Kier molecular flexibility index (Phi) is 8.44. The van der Waals surface area contributed by atoms with Crippen LogP contribution in [0.3, 0.4) is 0 Å². The second-order valence-corrected chi connectivity index (χ2v) is 7.41. The highest BCUT2D eigenvalue weighted by Crippen LogP contribution is 2.38. The molecule has 0 aliphatic heterocycles. The largest absolute Gasteiger partial charge is 0.496 e. The highest BCUT2D eigenvalue weighted by atomic mass is 16.5. The topological polar surface area (TPSA) is 44.8 Å². The predicted molar refractivity (Wildman–Crippen MR) is 127 cm³/mol. The van der Waals surface area contributed by atoms with Crippen LogP contribution in [0, 0.1) is 0 Å². The summed E-state index contributed by atoms with van der Waals surface area (Å²) in [5.41, 5.74) is 1.96. The van der Waals surface area contributed by atoms with E-state index in [0.717, 1.165) is 11.1 Å². The lowest BCUT2D eigenvalue weighted by molar-refractivity contribution is 0.104. The molecule has 2 aromatic rings. The lowest BCUT2D eigenvalue weighted by Crippen LogP contribution is -2.15. The van der Waals surface area contributed by atoms with Gasteiger partial charge in [-0.25, -0.2) is 0 Å². The van der Waals surface area contributed by atoms with E-state index in [9.17, 15) is 4.79 Å². The van der Waals surface area contributed by atoms with E-state index in [-0.39, 0.29) is 11.2 Å². The van der Waals surface area contributed by atoms with Gasteiger partial charge < -0.3 is 14.2 Å². The zero-order valence-electron chi connectivity index (χ0n) is 18.8. The molecule has 0 fully saturated rings. The molecule has 2 aromatic carbocycles. The number of hydrogen-bond donors (Lipinski definition) is 0. The van der Waals surface area contributed by atoms with Crippen molar-refractivity contribution in [3.8, 4) is 17.2 Å². The summed E-state index contributed by atoms with van der Waals surface area (Å²) < 4.78 is 16.7. The van der Waals surface area contributed by atoms with Crippen molar-refractivity contribution < 1.29 is 19.0 Å². The zero-order valence-corrected chi connectivity index (χ0v) is 18.8. The molecule has 31 heavy (non-hydrogen) atoms. The van der Waals surface area contributed by atoms with Crippen LogP contribution in [0.25, 0.3) is 6.08 Å². The molecule has 0 spiro atoms. The summed E-state index contributed by atoms with van der Waals surface area (Å²) in [6, 6.07) is 10.8. The number of ether oxygens (including phenoxy) is 3. The van der Waals surface area contributed by atoms with Gasteiger partial charge in [-0.3, -0.25) is 4.79 Å². The van der Waals surface area contributed by atoms with Crippen LogP contribution in [0.15, 0.2) is 79.8 Å². The molecule has 0 saturated heterocycles. The van der Waals surface area contributed by atoms with Crippen LogP contribution in [0.4, 0.5) is 0 Å². The van der Waals surface area contributed by atoms with Gasteiger partial charge in [0.25, 0.3) is 0 Å². The van der Waals surface area contributed by atoms with Gasteiger partial charge >= 0.3 is 0 Å². The molecule has 162 valence electrons. The van der Waals surface area contributed by atoms with Gasteiger partial charge in [0.05, 0.1) is 19.6 Å². The number of benzene rings is 2. The van der Waals surface area contributed by atoms with E-state index in [0.29, 0.717) is 22.8 Å². The number of ketones is 1. The Morgan fingerprint density at radius 1 is 0.968 bits per heavy atom. The number of rotatable bonds is 10. The molecule has 0 heterocycles. The minimum atomic E-state index is -0.335. The van der Waals surface area contributed by atoms with Gasteiger partial charge in [0.15, 0.2) is 5.78 Å². The van der Waals surface area contributed by atoms with E-state index in [1.807, 2.05) is 38.1 Å². The van der Waals surface area contributed by atoms with E-state index >= 15 is 0 Å². The average molecular weight is 419 g/mol. The highest BCUT2D eigenvalue weighted by Gasteiger charge is 2.23. The summed E-state index contributed by atoms with van der Waals surface area (Å²) in [6.07, 6.45) is 12.0. The van der Waals surface area contributed by atoms with E-state index < -0.39 is 0 Å². The number of carbonyl (C=O) groups is 1. The van der Waals surface area contributed by atoms with Crippen molar-refractivity contribution in [3.63, 3.8) is 0 Å². The van der Waals surface area contributed by atoms with Gasteiger partial charge in [0.2, 0.25) is 0 Å². The molecule has 0 atom stereocenters. The molecule has 2 rings (SSSR count). The van der Waals surface area contributed by atoms with Crippen molar-refractivity contribution in [3.05, 3.63) is 96.5 Å². The van der Waals surface area contributed by atoms with Crippen LogP contribution in [-0.4, -0.2) is 12.9 Å². The van der Waals surface area contributed by atoms with Crippen molar-refractivity contribution >= 4 is 11.9 Å². The molecule has 4 nitrogen and oxygen atoms in total. The van der Waals surface area contributed by atoms with Gasteiger partial charge in [-0.15, -0.1) is 6.58 Å². The van der Waals surface area contributed by atoms with Gasteiger partial charge in [-0.05, 0) is 56.3 Å². The van der Waals surface area contributed by atoms with Crippen molar-refractivity contribution in [1.82, 2.24) is 0 Å². The molecular formula is C27H30O4. The molecule has 4 heteroatoms. The summed E-state index contributed by atoms with van der Waals surface area (Å²) in [5.74, 6) is 1.86. The van der Waals surface area contributed by atoms with Gasteiger partial charge in [0, 0.05) is 28.2 Å². The summed E-state index contributed by atoms with van der Waals surface area (Å²) in [6.45, 7) is 11.8. The Labute approximate surface area is 185 Å². The fourth-order valence-corrected chi connectivity index (χ4v) is 2.84. The fourth-order valence-electron chi connectivity index (χ4n) is 2.84. The third-order valence-corrected chi connectivity index (χ3v) is 4.76. The molecule has 0 bridgehead atoms. The van der Waals surface area contributed by atoms with Gasteiger partial charge in [0.1, 0.15) is 17.2 Å². The lowest BCUT2D eigenvalue weighted by atomic mass is 9.83. The lowest BCUT2D eigenvalue weighted by Gasteiger charge is -2.24. The second kappa shape index (κ2) is 11.0. The van der Waals surface area contributed by atoms with Crippen LogP contribution in [0.5, 0.6) is 17.2 Å². The predicted octanol–water partition coefficient (Wildman–Crippen LogP) is 6.88. The van der Waals surface area contributed by atoms with Crippen molar-refractivity contribution in [1.29, 1.82) is 0 Å². The van der Waals surface area contributed by atoms with E-state index in [1.54, 1.807) is 56.1 Å². The first-order valence-electron chi connectivity index (χ1n) is 10.1. The SMILES string of the molecule is C=CC(C)(C)c1cc(/C=C/C(=O)c2ccc(O/C=C/C)cc2)c(OC)cc1O/C=C/C. The van der Waals surface area contributed by atoms with Crippen molar-refractivity contribution in [2.24, 2.45) is 0 Å². The normalized spacial score (nSPS) is 11.9. The molecule has 0 radical (unpaired) electrons. The van der Waals surface area contributed by atoms with Crippen LogP contribution in [0.1, 0.15) is 49.2 Å². The van der Waals surface area contributed by atoms with E-state index in [4.69, 9.17) is 14.2 Å². The number of carbonyl (C=O) groups excluding carboxylic acids is 1. The smallest absolute Gasteiger partial charge is 0.185 e. The average Bonchev–Trinajstić information content (AvgIpc) is 2.79. The first kappa shape index (κ1) is 23.7. The van der Waals surface area contributed by atoms with Crippen molar-refractivity contribution in [2.45, 2.75) is 33.1 Å². The maximum Gasteiger partial charge on any atom is 0.185 e. The Balaban J connectivity index is 2.38. The zero-order chi connectivity index (χ0) is 22.9. The van der Waals surface area contributed by atoms with E-state index in [1.165, 1.54) is 6.08 Å². The summed E-state index contributed by atoms with van der Waals surface area (Å²) >= 11 is 0. The first-order valence-corrected chi connectivity index (χ1v) is 10.1. The standard InChI is InChI=1S/C27H30O4/c1-7-16-30-22-13-10-20(11-14-22)24(28)15-12-21-18-23(27(4,5)9-3)26(31-17-8-2)19-25(21)29-6/h7-19H,3H2,1-2,4-6H3/b15-12+,16-7+,17-8+. The molecule has 0 aliphatic carbocycles. The minimum Gasteiger partial charge on any atom is -0.496 e. The third-order valence-electron chi connectivity index (χ3n) is 4.76. The highest BCUT2D eigenvalue weighted by molar-refractivity contribution is 6.07. The third kappa shape index (κ3) is 6.22. The summed E-state index contributed by atoms with van der Waals surface area (Å²) in [5, 5.41) is 0. The number of hydrogen-bond acceptors (Lipinski definition) is 4. The molecule has 0 aliphatic rings.